The number of phenolic OH excluding ortho intramolecular Hbond substituents is 1. The van der Waals surface area contributed by atoms with E-state index in [0.29, 0.717) is 12.1 Å². The van der Waals surface area contributed by atoms with Crippen LogP contribution in [0.5, 0.6) is 5.75 Å². The molecule has 0 aromatic heterocycles. The van der Waals surface area contributed by atoms with Crippen LogP contribution >= 0.6 is 0 Å². The van der Waals surface area contributed by atoms with Crippen molar-refractivity contribution in [1.82, 2.24) is 5.32 Å². The van der Waals surface area contributed by atoms with Crippen LogP contribution in [0, 0.1) is 12.3 Å². The summed E-state index contributed by atoms with van der Waals surface area (Å²) >= 11 is 0. The SMILES string of the molecule is Cc1ccc(O)c(C(=O)NCC2(C)CCC2)c1. The molecule has 0 aliphatic heterocycles. The van der Waals surface area contributed by atoms with Gasteiger partial charge in [0.05, 0.1) is 5.56 Å². The van der Waals surface area contributed by atoms with Gasteiger partial charge in [-0.2, -0.15) is 0 Å². The Balaban J connectivity index is 2.01. The number of nitrogens with one attached hydrogen (secondary N) is 1. The lowest BCUT2D eigenvalue weighted by Gasteiger charge is -2.38. The van der Waals surface area contributed by atoms with Gasteiger partial charge in [-0.3, -0.25) is 4.79 Å². The van der Waals surface area contributed by atoms with Crippen molar-refractivity contribution in [2.45, 2.75) is 33.1 Å². The molecule has 17 heavy (non-hydrogen) atoms. The van der Waals surface area contributed by atoms with Crippen LogP contribution in [0.1, 0.15) is 42.1 Å². The van der Waals surface area contributed by atoms with Crippen molar-refractivity contribution < 1.29 is 9.90 Å². The lowest BCUT2D eigenvalue weighted by Crippen LogP contribution is -2.39. The summed E-state index contributed by atoms with van der Waals surface area (Å²) in [6, 6.07) is 5.07. The maximum atomic E-state index is 11.9. The van der Waals surface area contributed by atoms with Crippen molar-refractivity contribution in [2.75, 3.05) is 6.54 Å². The van der Waals surface area contributed by atoms with Gasteiger partial charge in [-0.25, -0.2) is 0 Å². The second kappa shape index (κ2) is 4.40. The third-order valence-corrected chi connectivity index (χ3v) is 3.63. The molecule has 1 aliphatic carbocycles. The predicted molar refractivity (Wildman–Crippen MR) is 67.1 cm³/mol. The Morgan fingerprint density at radius 2 is 2.18 bits per heavy atom. The first-order chi connectivity index (χ1) is 8.00. The minimum atomic E-state index is -0.181. The van der Waals surface area contributed by atoms with Crippen LogP contribution in [0.2, 0.25) is 0 Å². The molecular formula is C14H19NO2. The highest BCUT2D eigenvalue weighted by Gasteiger charge is 2.32. The standard InChI is InChI=1S/C14H19NO2/c1-10-4-5-12(16)11(8-10)13(17)15-9-14(2)6-3-7-14/h4-5,8,16H,3,6-7,9H2,1-2H3,(H,15,17). The second-order valence-electron chi connectivity index (χ2n) is 5.37. The maximum absolute atomic E-state index is 11.9. The first-order valence-electron chi connectivity index (χ1n) is 6.08. The quantitative estimate of drug-likeness (QED) is 0.843. The summed E-state index contributed by atoms with van der Waals surface area (Å²) in [5, 5.41) is 12.6. The predicted octanol–water partition coefficient (Wildman–Crippen LogP) is 2.62. The molecule has 1 saturated carbocycles. The molecule has 0 spiro atoms. The average Bonchev–Trinajstić information content (AvgIpc) is 2.26. The van der Waals surface area contributed by atoms with Crippen molar-refractivity contribution in [2.24, 2.45) is 5.41 Å². The fourth-order valence-corrected chi connectivity index (χ4v) is 2.18. The van der Waals surface area contributed by atoms with E-state index in [-0.39, 0.29) is 17.1 Å². The molecule has 0 saturated heterocycles. The summed E-state index contributed by atoms with van der Waals surface area (Å²) < 4.78 is 0. The van der Waals surface area contributed by atoms with Crippen molar-refractivity contribution >= 4 is 5.91 Å². The van der Waals surface area contributed by atoms with Gasteiger partial charge in [-0.15, -0.1) is 0 Å². The van der Waals surface area contributed by atoms with Gasteiger partial charge in [0.2, 0.25) is 0 Å². The molecule has 0 bridgehead atoms. The molecule has 1 amide bonds. The van der Waals surface area contributed by atoms with Crippen LogP contribution in [0.3, 0.4) is 0 Å². The smallest absolute Gasteiger partial charge is 0.255 e. The lowest BCUT2D eigenvalue weighted by molar-refractivity contribution is 0.0888. The maximum Gasteiger partial charge on any atom is 0.255 e. The molecule has 0 radical (unpaired) electrons. The van der Waals surface area contributed by atoms with Gasteiger partial charge in [0.1, 0.15) is 5.75 Å². The van der Waals surface area contributed by atoms with Gasteiger partial charge in [-0.05, 0) is 37.3 Å². The highest BCUT2D eigenvalue weighted by atomic mass is 16.3. The minimum Gasteiger partial charge on any atom is -0.507 e. The molecule has 0 heterocycles. The fraction of sp³-hybridized carbons (Fsp3) is 0.500. The van der Waals surface area contributed by atoms with Gasteiger partial charge >= 0.3 is 0 Å². The first kappa shape index (κ1) is 12.0. The van der Waals surface area contributed by atoms with Crippen LogP contribution < -0.4 is 5.32 Å². The van der Waals surface area contributed by atoms with E-state index < -0.39 is 0 Å². The highest BCUT2D eigenvalue weighted by molar-refractivity contribution is 5.97. The second-order valence-corrected chi connectivity index (χ2v) is 5.37. The summed E-state index contributed by atoms with van der Waals surface area (Å²) in [6.45, 7) is 4.79. The van der Waals surface area contributed by atoms with E-state index in [9.17, 15) is 9.90 Å². The van der Waals surface area contributed by atoms with Gasteiger partial charge in [-0.1, -0.05) is 25.0 Å². The van der Waals surface area contributed by atoms with Crippen LogP contribution in [-0.4, -0.2) is 17.6 Å². The zero-order valence-electron chi connectivity index (χ0n) is 10.4. The molecule has 3 nitrogen and oxygen atoms in total. The Bertz CT molecular complexity index is 436. The van der Waals surface area contributed by atoms with Crippen molar-refractivity contribution in [3.63, 3.8) is 0 Å². The van der Waals surface area contributed by atoms with Crippen molar-refractivity contribution in [3.8, 4) is 5.75 Å². The summed E-state index contributed by atoms with van der Waals surface area (Å²) in [5.74, 6) is -0.133. The largest absolute Gasteiger partial charge is 0.507 e. The number of carbonyl (C=O) groups is 1. The lowest BCUT2D eigenvalue weighted by atomic mass is 9.70. The average molecular weight is 233 g/mol. The number of rotatable bonds is 3. The van der Waals surface area contributed by atoms with Crippen LogP contribution in [0.25, 0.3) is 0 Å². The molecule has 1 fully saturated rings. The van der Waals surface area contributed by atoms with E-state index in [1.165, 1.54) is 19.3 Å². The van der Waals surface area contributed by atoms with Crippen LogP contribution in [-0.2, 0) is 0 Å². The molecule has 2 N–H and O–H groups in total. The van der Waals surface area contributed by atoms with Crippen molar-refractivity contribution in [3.05, 3.63) is 29.3 Å². The van der Waals surface area contributed by atoms with Gasteiger partial charge in [0.15, 0.2) is 0 Å². The van der Waals surface area contributed by atoms with Gasteiger partial charge in [0, 0.05) is 6.54 Å². The molecule has 0 atom stereocenters. The molecule has 0 unspecified atom stereocenters. The number of phenols is 1. The van der Waals surface area contributed by atoms with Gasteiger partial charge in [0.25, 0.3) is 5.91 Å². The Morgan fingerprint density at radius 3 is 2.76 bits per heavy atom. The molecule has 2 rings (SSSR count). The number of hydrogen-bond acceptors (Lipinski definition) is 2. The van der Waals surface area contributed by atoms with E-state index in [4.69, 9.17) is 0 Å². The topological polar surface area (TPSA) is 49.3 Å². The number of amides is 1. The molecule has 3 heteroatoms. The highest BCUT2D eigenvalue weighted by Crippen LogP contribution is 2.39. The summed E-state index contributed by atoms with van der Waals surface area (Å²) in [6.07, 6.45) is 3.60. The van der Waals surface area contributed by atoms with E-state index in [1.807, 2.05) is 6.92 Å². The summed E-state index contributed by atoms with van der Waals surface area (Å²) in [7, 11) is 0. The van der Waals surface area contributed by atoms with E-state index in [1.54, 1.807) is 18.2 Å². The molecular weight excluding hydrogens is 214 g/mol. The number of benzene rings is 1. The number of hydrogen-bond donors (Lipinski definition) is 2. The molecule has 1 aromatic rings. The number of aryl methyl sites for hydroxylation is 1. The van der Waals surface area contributed by atoms with E-state index >= 15 is 0 Å². The summed E-state index contributed by atoms with van der Waals surface area (Å²) in [4.78, 5) is 11.9. The third kappa shape index (κ3) is 2.60. The van der Waals surface area contributed by atoms with Crippen molar-refractivity contribution in [1.29, 1.82) is 0 Å². The normalized spacial score (nSPS) is 17.3. The fourth-order valence-electron chi connectivity index (χ4n) is 2.18. The molecule has 1 aromatic carbocycles. The summed E-state index contributed by atoms with van der Waals surface area (Å²) in [5.41, 5.74) is 1.60. The zero-order chi connectivity index (χ0) is 12.5. The van der Waals surface area contributed by atoms with Crippen LogP contribution in [0.4, 0.5) is 0 Å². The zero-order valence-corrected chi connectivity index (χ0v) is 10.4. The number of carbonyl (C=O) groups excluding carboxylic acids is 1. The number of aromatic hydroxyl groups is 1. The minimum absolute atomic E-state index is 0.0480. The van der Waals surface area contributed by atoms with Crippen LogP contribution in [0.15, 0.2) is 18.2 Å². The van der Waals surface area contributed by atoms with E-state index in [0.717, 1.165) is 5.56 Å². The first-order valence-corrected chi connectivity index (χ1v) is 6.08. The van der Waals surface area contributed by atoms with Gasteiger partial charge < -0.3 is 10.4 Å². The third-order valence-electron chi connectivity index (χ3n) is 3.63. The molecule has 92 valence electrons. The monoisotopic (exact) mass is 233 g/mol. The Kier molecular flexibility index (Phi) is 3.09. The Hall–Kier alpha value is -1.51. The van der Waals surface area contributed by atoms with E-state index in [2.05, 4.69) is 12.2 Å². The Labute approximate surface area is 102 Å². The Morgan fingerprint density at radius 1 is 1.47 bits per heavy atom. The molecule has 1 aliphatic rings.